The molecule has 0 atom stereocenters. The molecule has 4 nitrogen and oxygen atoms in total. The molecule has 6 heteroatoms. The van der Waals surface area contributed by atoms with Crippen molar-refractivity contribution in [3.8, 4) is 5.69 Å². The van der Waals surface area contributed by atoms with Gasteiger partial charge >= 0.3 is 0 Å². The van der Waals surface area contributed by atoms with Crippen LogP contribution in [0, 0.1) is 0 Å². The zero-order chi connectivity index (χ0) is 16.1. The number of hydrogen-bond acceptors (Lipinski definition) is 4. The van der Waals surface area contributed by atoms with Crippen molar-refractivity contribution in [1.82, 2.24) is 19.7 Å². The summed E-state index contributed by atoms with van der Waals surface area (Å²) < 4.78 is 2.14. The molecule has 3 rings (SSSR count). The van der Waals surface area contributed by atoms with Crippen molar-refractivity contribution in [2.45, 2.75) is 31.0 Å². The zero-order valence-corrected chi connectivity index (χ0v) is 14.7. The third-order valence-corrected chi connectivity index (χ3v) is 5.19. The fraction of sp³-hybridized carbons (Fsp3) is 0.412. The molecule has 0 aliphatic carbocycles. The maximum Gasteiger partial charge on any atom is 0.196 e. The van der Waals surface area contributed by atoms with Crippen LogP contribution in [0.1, 0.15) is 25.1 Å². The number of rotatable bonds is 6. The Hall–Kier alpha value is -1.30. The molecular weight excluding hydrogens is 328 g/mol. The molecule has 0 amide bonds. The number of likely N-dealkylation sites (tertiary alicyclic amines) is 1. The maximum absolute atomic E-state index is 5.91. The van der Waals surface area contributed by atoms with Crippen molar-refractivity contribution in [2.24, 2.45) is 0 Å². The fourth-order valence-corrected chi connectivity index (χ4v) is 3.68. The van der Waals surface area contributed by atoms with Crippen molar-refractivity contribution in [3.63, 3.8) is 0 Å². The smallest absolute Gasteiger partial charge is 0.196 e. The number of piperidine rings is 1. The van der Waals surface area contributed by atoms with E-state index in [4.69, 9.17) is 11.6 Å². The van der Waals surface area contributed by atoms with Gasteiger partial charge in [-0.3, -0.25) is 9.47 Å². The number of nitrogens with zero attached hydrogens (tertiary/aromatic N) is 4. The SMILES string of the molecule is C=C(Cl)CSc1nnc(CN2CCCCC2)n1-c1ccccc1. The molecule has 122 valence electrons. The third-order valence-electron chi connectivity index (χ3n) is 3.89. The Balaban J connectivity index is 1.87. The first-order valence-corrected chi connectivity index (χ1v) is 9.28. The predicted molar refractivity (Wildman–Crippen MR) is 96.2 cm³/mol. The summed E-state index contributed by atoms with van der Waals surface area (Å²) in [4.78, 5) is 2.46. The lowest BCUT2D eigenvalue weighted by molar-refractivity contribution is 0.214. The summed E-state index contributed by atoms with van der Waals surface area (Å²) in [5.74, 6) is 1.62. The summed E-state index contributed by atoms with van der Waals surface area (Å²) in [5.41, 5.74) is 1.09. The normalized spacial score (nSPS) is 15.7. The molecule has 1 saturated heterocycles. The number of hydrogen-bond donors (Lipinski definition) is 0. The Morgan fingerprint density at radius 3 is 2.57 bits per heavy atom. The lowest BCUT2D eigenvalue weighted by Crippen LogP contribution is -2.30. The molecule has 0 N–H and O–H groups in total. The van der Waals surface area contributed by atoms with Crippen LogP contribution in [0.5, 0.6) is 0 Å². The van der Waals surface area contributed by atoms with Crippen LogP contribution in [0.4, 0.5) is 0 Å². The molecular formula is C17H21ClN4S. The molecule has 23 heavy (non-hydrogen) atoms. The highest BCUT2D eigenvalue weighted by molar-refractivity contribution is 7.99. The van der Waals surface area contributed by atoms with Gasteiger partial charge in [0.05, 0.1) is 6.54 Å². The maximum atomic E-state index is 5.91. The van der Waals surface area contributed by atoms with Crippen LogP contribution in [-0.2, 0) is 6.54 Å². The molecule has 2 aromatic rings. The number of thioether (sulfide) groups is 1. The molecule has 1 aliphatic rings. The van der Waals surface area contributed by atoms with Gasteiger partial charge in [0.1, 0.15) is 0 Å². The average Bonchev–Trinajstić information content (AvgIpc) is 2.97. The molecule has 1 aromatic carbocycles. The summed E-state index contributed by atoms with van der Waals surface area (Å²) in [6, 6.07) is 10.3. The monoisotopic (exact) mass is 348 g/mol. The van der Waals surface area contributed by atoms with E-state index >= 15 is 0 Å². The van der Waals surface area contributed by atoms with Gasteiger partial charge in [-0.15, -0.1) is 10.2 Å². The first-order valence-electron chi connectivity index (χ1n) is 7.92. The summed E-state index contributed by atoms with van der Waals surface area (Å²) in [7, 11) is 0. The fourth-order valence-electron chi connectivity index (χ4n) is 2.79. The summed E-state index contributed by atoms with van der Waals surface area (Å²) in [6.07, 6.45) is 3.88. The first kappa shape index (κ1) is 16.6. The van der Waals surface area contributed by atoms with Crippen molar-refractivity contribution in [3.05, 3.63) is 47.8 Å². The minimum atomic E-state index is 0.621. The van der Waals surface area contributed by atoms with Crippen LogP contribution in [-0.4, -0.2) is 38.5 Å². The van der Waals surface area contributed by atoms with Crippen molar-refractivity contribution in [2.75, 3.05) is 18.8 Å². The Labute approximate surface area is 146 Å². The van der Waals surface area contributed by atoms with E-state index in [9.17, 15) is 0 Å². The number of benzene rings is 1. The van der Waals surface area contributed by atoms with E-state index in [-0.39, 0.29) is 0 Å². The lowest BCUT2D eigenvalue weighted by Gasteiger charge is -2.26. The van der Waals surface area contributed by atoms with Crippen LogP contribution in [0.3, 0.4) is 0 Å². The van der Waals surface area contributed by atoms with Crippen LogP contribution in [0.25, 0.3) is 5.69 Å². The first-order chi connectivity index (χ1) is 11.2. The third kappa shape index (κ3) is 4.37. The van der Waals surface area contributed by atoms with Gasteiger partial charge in [0.25, 0.3) is 0 Å². The molecule has 1 fully saturated rings. The molecule has 0 spiro atoms. The summed E-state index contributed by atoms with van der Waals surface area (Å²) in [5, 5.41) is 10.3. The van der Waals surface area contributed by atoms with E-state index < -0.39 is 0 Å². The molecule has 0 unspecified atom stereocenters. The van der Waals surface area contributed by atoms with Crippen LogP contribution >= 0.6 is 23.4 Å². The van der Waals surface area contributed by atoms with Gasteiger partial charge in [0.2, 0.25) is 0 Å². The molecule has 0 radical (unpaired) electrons. The van der Waals surface area contributed by atoms with E-state index in [0.717, 1.165) is 36.3 Å². The van der Waals surface area contributed by atoms with Crippen molar-refractivity contribution in [1.29, 1.82) is 0 Å². The van der Waals surface area contributed by atoms with E-state index in [1.165, 1.54) is 19.3 Å². The quantitative estimate of drug-likeness (QED) is 0.736. The summed E-state index contributed by atoms with van der Waals surface area (Å²) in [6.45, 7) is 6.87. The Morgan fingerprint density at radius 2 is 1.87 bits per heavy atom. The Morgan fingerprint density at radius 1 is 1.13 bits per heavy atom. The topological polar surface area (TPSA) is 34.0 Å². The highest BCUT2D eigenvalue weighted by atomic mass is 35.5. The lowest BCUT2D eigenvalue weighted by atomic mass is 10.1. The predicted octanol–water partition coefficient (Wildman–Crippen LogP) is 4.10. The van der Waals surface area contributed by atoms with Gasteiger partial charge in [-0.2, -0.15) is 0 Å². The van der Waals surface area contributed by atoms with Gasteiger partial charge in [-0.05, 0) is 38.1 Å². The van der Waals surface area contributed by atoms with Crippen molar-refractivity contribution >= 4 is 23.4 Å². The highest BCUT2D eigenvalue weighted by Gasteiger charge is 2.18. The number of para-hydroxylation sites is 1. The zero-order valence-electron chi connectivity index (χ0n) is 13.1. The minimum absolute atomic E-state index is 0.621. The van der Waals surface area contributed by atoms with Crippen LogP contribution in [0.15, 0.2) is 47.1 Å². The second kappa shape index (κ2) is 7.99. The summed E-state index contributed by atoms with van der Waals surface area (Å²) >= 11 is 7.48. The molecule has 1 aliphatic heterocycles. The van der Waals surface area contributed by atoms with Crippen LogP contribution in [0.2, 0.25) is 0 Å². The highest BCUT2D eigenvalue weighted by Crippen LogP contribution is 2.25. The van der Waals surface area contributed by atoms with E-state index in [0.29, 0.717) is 10.8 Å². The van der Waals surface area contributed by atoms with E-state index in [1.54, 1.807) is 11.8 Å². The second-order valence-corrected chi connectivity index (χ2v) is 7.19. The standard InChI is InChI=1S/C17H21ClN4S/c1-14(18)13-23-17-20-19-16(12-21-10-6-3-7-11-21)22(17)15-8-4-2-5-9-15/h2,4-5,8-9H,1,3,6-7,10-13H2. The van der Waals surface area contributed by atoms with Crippen molar-refractivity contribution < 1.29 is 0 Å². The Kier molecular flexibility index (Phi) is 5.75. The van der Waals surface area contributed by atoms with Gasteiger partial charge in [0.15, 0.2) is 11.0 Å². The molecule has 0 bridgehead atoms. The van der Waals surface area contributed by atoms with Gasteiger partial charge in [-0.25, -0.2) is 0 Å². The van der Waals surface area contributed by atoms with Crippen LogP contribution < -0.4 is 0 Å². The van der Waals surface area contributed by atoms with Gasteiger partial charge < -0.3 is 0 Å². The van der Waals surface area contributed by atoms with E-state index in [2.05, 4.69) is 38.4 Å². The van der Waals surface area contributed by atoms with Gasteiger partial charge in [-0.1, -0.05) is 54.6 Å². The minimum Gasteiger partial charge on any atom is -0.296 e. The number of aromatic nitrogens is 3. The number of halogens is 1. The molecule has 2 heterocycles. The largest absolute Gasteiger partial charge is 0.296 e. The van der Waals surface area contributed by atoms with E-state index in [1.807, 2.05) is 18.2 Å². The second-order valence-electron chi connectivity index (χ2n) is 5.71. The average molecular weight is 349 g/mol. The Bertz CT molecular complexity index is 650. The molecule has 1 aromatic heterocycles. The van der Waals surface area contributed by atoms with Gasteiger partial charge in [0, 0.05) is 16.5 Å². The molecule has 0 saturated carbocycles.